The molecule has 0 spiro atoms. The van der Waals surface area contributed by atoms with Gasteiger partial charge in [-0.25, -0.2) is 0 Å². The van der Waals surface area contributed by atoms with Crippen molar-refractivity contribution in [1.29, 1.82) is 0 Å². The van der Waals surface area contributed by atoms with Gasteiger partial charge in [-0.05, 0) is 25.3 Å². The molecule has 32 heavy (non-hydrogen) atoms. The van der Waals surface area contributed by atoms with Gasteiger partial charge in [0.1, 0.15) is 0 Å². The average Bonchev–Trinajstić information content (AvgIpc) is 2.74. The number of amides is 1. The van der Waals surface area contributed by atoms with E-state index in [1.54, 1.807) is 0 Å². The van der Waals surface area contributed by atoms with E-state index in [0.29, 0.717) is 0 Å². The molecule has 0 saturated carbocycles. The zero-order valence-electron chi connectivity index (χ0n) is 20.8. The lowest BCUT2D eigenvalue weighted by Gasteiger charge is -2.03. The van der Waals surface area contributed by atoms with Crippen molar-refractivity contribution in [2.45, 2.75) is 135 Å². The van der Waals surface area contributed by atoms with E-state index in [-0.39, 0.29) is 24.6 Å². The van der Waals surface area contributed by atoms with E-state index in [1.807, 2.05) is 6.08 Å². The maximum absolute atomic E-state index is 11.5. The van der Waals surface area contributed by atoms with Crippen molar-refractivity contribution < 1.29 is 17.8 Å². The van der Waals surface area contributed by atoms with Crippen LogP contribution in [0.1, 0.15) is 135 Å². The van der Waals surface area contributed by atoms with Gasteiger partial charge < -0.3 is 5.32 Å². The topological polar surface area (TPSA) is 83.5 Å². The van der Waals surface area contributed by atoms with E-state index in [0.717, 1.165) is 12.8 Å². The van der Waals surface area contributed by atoms with E-state index >= 15 is 0 Å². The first-order valence-corrected chi connectivity index (χ1v) is 15.0. The summed E-state index contributed by atoms with van der Waals surface area (Å²) in [7, 11) is -3.94. The Balaban J connectivity index is 3.23. The van der Waals surface area contributed by atoms with Gasteiger partial charge in [-0.2, -0.15) is 8.42 Å². The minimum atomic E-state index is -3.94. The summed E-state index contributed by atoms with van der Waals surface area (Å²) in [6.45, 7) is 2.53. The first-order valence-electron chi connectivity index (χ1n) is 13.3. The highest BCUT2D eigenvalue weighted by Crippen LogP contribution is 2.14. The molecule has 0 aliphatic heterocycles. The average molecular weight is 474 g/mol. The van der Waals surface area contributed by atoms with Crippen LogP contribution < -0.4 is 5.32 Å². The maximum atomic E-state index is 11.5. The van der Waals surface area contributed by atoms with Crippen LogP contribution in [0, 0.1) is 0 Å². The molecule has 5 nitrogen and oxygen atoms in total. The second-order valence-corrected chi connectivity index (χ2v) is 10.7. The Morgan fingerprint density at radius 1 is 0.688 bits per heavy atom. The van der Waals surface area contributed by atoms with E-state index < -0.39 is 10.1 Å². The van der Waals surface area contributed by atoms with Crippen LogP contribution in [0.2, 0.25) is 0 Å². The van der Waals surface area contributed by atoms with E-state index in [2.05, 4.69) is 12.2 Å². The minimum Gasteiger partial charge on any atom is -0.353 e. The van der Waals surface area contributed by atoms with Crippen LogP contribution in [0.3, 0.4) is 0 Å². The largest absolute Gasteiger partial charge is 0.353 e. The summed E-state index contributed by atoms with van der Waals surface area (Å²) in [5.74, 6) is -0.529. The normalized spacial score (nSPS) is 11.9. The Hall–Kier alpha value is -0.880. The van der Waals surface area contributed by atoms with Gasteiger partial charge in [0.15, 0.2) is 0 Å². The fraction of sp³-hybridized carbons (Fsp3) is 0.885. The summed E-state index contributed by atoms with van der Waals surface area (Å²) in [6.07, 6.45) is 29.1. The third-order valence-electron chi connectivity index (χ3n) is 5.87. The highest BCUT2D eigenvalue weighted by Gasteiger charge is 2.03. The van der Waals surface area contributed by atoms with Crippen LogP contribution in [0.5, 0.6) is 0 Å². The Labute approximate surface area is 199 Å². The van der Waals surface area contributed by atoms with E-state index in [1.165, 1.54) is 115 Å². The number of unbranched alkanes of at least 4 members (excludes halogenated alkanes) is 18. The van der Waals surface area contributed by atoms with Gasteiger partial charge >= 0.3 is 0 Å². The maximum Gasteiger partial charge on any atom is 0.264 e. The van der Waals surface area contributed by atoms with Gasteiger partial charge in [-0.3, -0.25) is 9.35 Å². The van der Waals surface area contributed by atoms with Crippen molar-refractivity contribution in [3.63, 3.8) is 0 Å². The van der Waals surface area contributed by atoms with Crippen LogP contribution >= 0.6 is 0 Å². The van der Waals surface area contributed by atoms with Gasteiger partial charge in [0.2, 0.25) is 5.91 Å². The Morgan fingerprint density at radius 2 is 1.09 bits per heavy atom. The fourth-order valence-electron chi connectivity index (χ4n) is 3.88. The summed E-state index contributed by atoms with van der Waals surface area (Å²) in [6, 6.07) is 0. The molecule has 0 bridgehead atoms. The molecule has 0 aliphatic rings. The van der Waals surface area contributed by atoms with Crippen molar-refractivity contribution >= 4 is 16.0 Å². The third-order valence-corrected chi connectivity index (χ3v) is 6.68. The van der Waals surface area contributed by atoms with Gasteiger partial charge in [0.25, 0.3) is 10.1 Å². The molecule has 0 heterocycles. The van der Waals surface area contributed by atoms with Crippen LogP contribution in [-0.2, 0) is 14.9 Å². The Morgan fingerprint density at radius 3 is 1.50 bits per heavy atom. The monoisotopic (exact) mass is 473 g/mol. The molecule has 0 aromatic carbocycles. The number of hydrogen-bond acceptors (Lipinski definition) is 3. The molecule has 0 atom stereocenters. The highest BCUT2D eigenvalue weighted by atomic mass is 32.2. The second-order valence-electron chi connectivity index (χ2n) is 9.13. The first-order chi connectivity index (χ1) is 15.5. The number of hydrogen-bond donors (Lipinski definition) is 2. The molecular weight excluding hydrogens is 422 g/mol. The minimum absolute atomic E-state index is 0.206. The standard InChI is InChI=1S/C26H51NO4S/c1-2-3-4-5-6-7-8-9-10-11-12-13-14-15-16-17-18-19-20-21-23-26(28)27-24-22-25-32(29,30)31/h21,23H,2-20,22,24-25H2,1H3,(H,27,28)(H,29,30,31)/b23-21+. The lowest BCUT2D eigenvalue weighted by atomic mass is 10.0. The summed E-state index contributed by atoms with van der Waals surface area (Å²) in [5, 5.41) is 2.61. The molecule has 0 aliphatic carbocycles. The van der Waals surface area contributed by atoms with Gasteiger partial charge in [-0.15, -0.1) is 0 Å². The second kappa shape index (κ2) is 23.3. The molecule has 0 unspecified atom stereocenters. The third kappa shape index (κ3) is 27.2. The van der Waals surface area contributed by atoms with Crippen LogP contribution in [0.25, 0.3) is 0 Å². The molecule has 0 rings (SSSR count). The van der Waals surface area contributed by atoms with Crippen LogP contribution in [0.4, 0.5) is 0 Å². The Kier molecular flexibility index (Phi) is 22.6. The SMILES string of the molecule is CCCCCCCCCCCCCCCCCCCC/C=C/C(=O)NCCCS(=O)(=O)O. The van der Waals surface area contributed by atoms with Crippen molar-refractivity contribution in [1.82, 2.24) is 5.32 Å². The van der Waals surface area contributed by atoms with Crippen LogP contribution in [-0.4, -0.2) is 31.2 Å². The first kappa shape index (κ1) is 31.1. The summed E-state index contributed by atoms with van der Waals surface area (Å²) >= 11 is 0. The molecule has 2 N–H and O–H groups in total. The van der Waals surface area contributed by atoms with Crippen LogP contribution in [0.15, 0.2) is 12.2 Å². The van der Waals surface area contributed by atoms with Gasteiger partial charge in [0.05, 0.1) is 5.75 Å². The quantitative estimate of drug-likeness (QED) is 0.0870. The molecule has 0 fully saturated rings. The van der Waals surface area contributed by atoms with Crippen molar-refractivity contribution in [3.05, 3.63) is 12.2 Å². The number of carbonyl (C=O) groups is 1. The smallest absolute Gasteiger partial charge is 0.264 e. The number of rotatable bonds is 24. The Bertz CT molecular complexity index is 546. The van der Waals surface area contributed by atoms with E-state index in [4.69, 9.17) is 4.55 Å². The lowest BCUT2D eigenvalue weighted by molar-refractivity contribution is -0.116. The fourth-order valence-corrected chi connectivity index (χ4v) is 4.39. The van der Waals surface area contributed by atoms with E-state index in [9.17, 15) is 13.2 Å². The van der Waals surface area contributed by atoms with Crippen molar-refractivity contribution in [2.75, 3.05) is 12.3 Å². The molecule has 0 saturated heterocycles. The number of carbonyl (C=O) groups excluding carboxylic acids is 1. The predicted molar refractivity (Wildman–Crippen MR) is 137 cm³/mol. The van der Waals surface area contributed by atoms with Crippen molar-refractivity contribution in [2.24, 2.45) is 0 Å². The molecule has 1 amide bonds. The molecule has 0 radical (unpaired) electrons. The molecule has 190 valence electrons. The van der Waals surface area contributed by atoms with Crippen molar-refractivity contribution in [3.8, 4) is 0 Å². The molecule has 0 aromatic rings. The molecule has 6 heteroatoms. The summed E-state index contributed by atoms with van der Waals surface area (Å²) < 4.78 is 29.8. The zero-order chi connectivity index (χ0) is 23.8. The summed E-state index contributed by atoms with van der Waals surface area (Å²) in [5.41, 5.74) is 0. The molecular formula is C26H51NO4S. The predicted octanol–water partition coefficient (Wildman–Crippen LogP) is 7.37. The number of nitrogens with one attached hydrogen (secondary N) is 1. The molecule has 0 aromatic heterocycles. The lowest BCUT2D eigenvalue weighted by Crippen LogP contribution is -2.23. The number of allylic oxidation sites excluding steroid dienone is 1. The zero-order valence-corrected chi connectivity index (χ0v) is 21.6. The van der Waals surface area contributed by atoms with Gasteiger partial charge in [-0.1, -0.05) is 122 Å². The summed E-state index contributed by atoms with van der Waals surface area (Å²) in [4.78, 5) is 11.5. The van der Waals surface area contributed by atoms with Gasteiger partial charge in [0, 0.05) is 6.54 Å². The highest BCUT2D eigenvalue weighted by molar-refractivity contribution is 7.85.